The largest absolute Gasteiger partial charge is 0.465 e. The van der Waals surface area contributed by atoms with Crippen molar-refractivity contribution in [3.8, 4) is 5.75 Å². The van der Waals surface area contributed by atoms with Gasteiger partial charge in [0, 0.05) is 20.5 Å². The second-order valence-electron chi connectivity index (χ2n) is 6.63. The zero-order valence-corrected chi connectivity index (χ0v) is 15.2. The van der Waals surface area contributed by atoms with Gasteiger partial charge in [0.15, 0.2) is 0 Å². The number of rotatable bonds is 6. The summed E-state index contributed by atoms with van der Waals surface area (Å²) in [6.07, 6.45) is 0.636. The number of carbonyl (C=O) groups excluding carboxylic acids is 1. The fourth-order valence-electron chi connectivity index (χ4n) is 2.95. The number of methoxy groups -OCH3 is 1. The summed E-state index contributed by atoms with van der Waals surface area (Å²) >= 11 is 0. The van der Waals surface area contributed by atoms with Gasteiger partial charge in [0.2, 0.25) is 6.29 Å². The summed E-state index contributed by atoms with van der Waals surface area (Å²) in [4.78, 5) is 10.9. The molecule has 1 aromatic rings. The topological polar surface area (TPSA) is 54.0 Å². The summed E-state index contributed by atoms with van der Waals surface area (Å²) in [5.74, 6) is 1.46. The molecule has 0 unspecified atom stereocenters. The molecule has 1 aliphatic rings. The average molecular weight is 336 g/mol. The molecule has 1 aliphatic heterocycles. The van der Waals surface area contributed by atoms with Gasteiger partial charge in [-0.15, -0.1) is 0 Å². The van der Waals surface area contributed by atoms with Gasteiger partial charge in [-0.2, -0.15) is 0 Å². The number of aryl methyl sites for hydroxylation is 1. The molecule has 0 amide bonds. The third-order valence-corrected chi connectivity index (χ3v) is 4.65. The van der Waals surface area contributed by atoms with Gasteiger partial charge in [-0.1, -0.05) is 19.9 Å². The van der Waals surface area contributed by atoms with Crippen molar-refractivity contribution in [2.45, 2.75) is 53.1 Å². The highest BCUT2D eigenvalue weighted by molar-refractivity contribution is 5.65. The minimum absolute atomic E-state index is 0.0484. The van der Waals surface area contributed by atoms with Gasteiger partial charge in [-0.25, -0.2) is 0 Å². The number of carbonyl (C=O) groups is 1. The number of esters is 1. The monoisotopic (exact) mass is 336 g/mol. The molecular weight excluding hydrogens is 308 g/mol. The Morgan fingerprint density at radius 2 is 2.08 bits per heavy atom. The Labute approximate surface area is 144 Å². The van der Waals surface area contributed by atoms with Crippen LogP contribution in [0.5, 0.6) is 5.75 Å². The lowest BCUT2D eigenvalue weighted by Gasteiger charge is -2.38. The smallest absolute Gasteiger partial charge is 0.302 e. The molecule has 0 bridgehead atoms. The van der Waals surface area contributed by atoms with Crippen molar-refractivity contribution in [3.05, 3.63) is 29.3 Å². The Balaban J connectivity index is 2.00. The van der Waals surface area contributed by atoms with Gasteiger partial charge in [0.1, 0.15) is 12.4 Å². The molecule has 0 aromatic heterocycles. The third kappa shape index (κ3) is 4.95. The molecule has 1 heterocycles. The minimum Gasteiger partial charge on any atom is -0.465 e. The van der Waals surface area contributed by atoms with E-state index in [-0.39, 0.29) is 25.0 Å². The van der Waals surface area contributed by atoms with E-state index in [0.29, 0.717) is 18.4 Å². The van der Waals surface area contributed by atoms with Crippen molar-refractivity contribution in [1.29, 1.82) is 0 Å². The first-order valence-electron chi connectivity index (χ1n) is 8.44. The summed E-state index contributed by atoms with van der Waals surface area (Å²) in [7, 11) is 1.69. The quantitative estimate of drug-likeness (QED) is 0.745. The van der Waals surface area contributed by atoms with Crippen LogP contribution in [0, 0.1) is 18.8 Å². The first-order valence-corrected chi connectivity index (χ1v) is 8.44. The van der Waals surface area contributed by atoms with Crippen molar-refractivity contribution in [1.82, 2.24) is 0 Å². The SMILES string of the molecule is COC[C@H]1O[C@@H](Oc2ccc(COC(C)=O)cc2C)C[C@@H](C)[C@H]1C. The van der Waals surface area contributed by atoms with Crippen LogP contribution in [-0.4, -0.2) is 32.1 Å². The molecule has 2 rings (SSSR count). The lowest BCUT2D eigenvalue weighted by molar-refractivity contribution is -0.194. The number of hydrogen-bond donors (Lipinski definition) is 0. The first kappa shape index (κ1) is 18.7. The Hall–Kier alpha value is -1.59. The molecule has 134 valence electrons. The van der Waals surface area contributed by atoms with Gasteiger partial charge in [0.25, 0.3) is 0 Å². The van der Waals surface area contributed by atoms with E-state index < -0.39 is 0 Å². The van der Waals surface area contributed by atoms with Gasteiger partial charge in [-0.3, -0.25) is 4.79 Å². The standard InChI is InChI=1S/C19H28O5/c1-12-9-19(24-18(11-21-5)14(12)3)23-17-7-6-16(8-13(17)2)10-22-15(4)20/h6-8,12,14,18-19H,9-11H2,1-5H3/t12-,14-,18-,19-/m1/s1. The summed E-state index contributed by atoms with van der Waals surface area (Å²) < 4.78 is 22.4. The maximum atomic E-state index is 10.9. The Morgan fingerprint density at radius 1 is 1.33 bits per heavy atom. The van der Waals surface area contributed by atoms with Gasteiger partial charge in [-0.05, 0) is 42.0 Å². The maximum absolute atomic E-state index is 10.9. The van der Waals surface area contributed by atoms with Crippen LogP contribution < -0.4 is 4.74 Å². The van der Waals surface area contributed by atoms with Crippen molar-refractivity contribution >= 4 is 5.97 Å². The Kier molecular flexibility index (Phi) is 6.63. The van der Waals surface area contributed by atoms with Crippen LogP contribution in [0.15, 0.2) is 18.2 Å². The van der Waals surface area contributed by atoms with Crippen molar-refractivity contribution in [2.24, 2.45) is 11.8 Å². The zero-order chi connectivity index (χ0) is 17.7. The number of benzene rings is 1. The molecule has 5 nitrogen and oxygen atoms in total. The molecule has 1 aromatic carbocycles. The zero-order valence-electron chi connectivity index (χ0n) is 15.2. The van der Waals surface area contributed by atoms with E-state index in [1.165, 1.54) is 6.92 Å². The summed E-state index contributed by atoms with van der Waals surface area (Å²) in [6, 6.07) is 5.79. The molecule has 0 aliphatic carbocycles. The Bertz CT molecular complexity index is 557. The van der Waals surface area contributed by atoms with E-state index in [1.54, 1.807) is 7.11 Å². The van der Waals surface area contributed by atoms with Gasteiger partial charge in [0.05, 0.1) is 12.7 Å². The third-order valence-electron chi connectivity index (χ3n) is 4.65. The lowest BCUT2D eigenvalue weighted by atomic mass is 9.86. The predicted octanol–water partition coefficient (Wildman–Crippen LogP) is 3.47. The predicted molar refractivity (Wildman–Crippen MR) is 90.8 cm³/mol. The van der Waals surface area contributed by atoms with Crippen LogP contribution >= 0.6 is 0 Å². The van der Waals surface area contributed by atoms with E-state index >= 15 is 0 Å². The molecule has 1 saturated heterocycles. The molecule has 24 heavy (non-hydrogen) atoms. The fraction of sp³-hybridized carbons (Fsp3) is 0.632. The fourth-order valence-corrected chi connectivity index (χ4v) is 2.95. The number of hydrogen-bond acceptors (Lipinski definition) is 5. The van der Waals surface area contributed by atoms with Crippen molar-refractivity contribution in [3.63, 3.8) is 0 Å². The maximum Gasteiger partial charge on any atom is 0.302 e. The van der Waals surface area contributed by atoms with Gasteiger partial charge >= 0.3 is 5.97 Å². The Morgan fingerprint density at radius 3 is 2.71 bits per heavy atom. The summed E-state index contributed by atoms with van der Waals surface area (Å²) in [5.41, 5.74) is 1.94. The second-order valence-corrected chi connectivity index (χ2v) is 6.63. The van der Waals surface area contributed by atoms with Crippen LogP contribution in [-0.2, 0) is 25.6 Å². The van der Waals surface area contributed by atoms with Crippen molar-refractivity contribution in [2.75, 3.05) is 13.7 Å². The van der Waals surface area contributed by atoms with Crippen LogP contribution in [0.3, 0.4) is 0 Å². The second kappa shape index (κ2) is 8.49. The van der Waals surface area contributed by atoms with Gasteiger partial charge < -0.3 is 18.9 Å². The summed E-state index contributed by atoms with van der Waals surface area (Å²) in [5, 5.41) is 0. The molecule has 0 N–H and O–H groups in total. The highest BCUT2D eigenvalue weighted by Crippen LogP contribution is 2.32. The normalized spacial score (nSPS) is 26.9. The molecule has 0 spiro atoms. The van der Waals surface area contributed by atoms with E-state index in [2.05, 4.69) is 13.8 Å². The van der Waals surface area contributed by atoms with Crippen LogP contribution in [0.25, 0.3) is 0 Å². The van der Waals surface area contributed by atoms with E-state index in [0.717, 1.165) is 23.3 Å². The molecule has 0 saturated carbocycles. The van der Waals surface area contributed by atoms with E-state index in [4.69, 9.17) is 18.9 Å². The molecule has 5 heteroatoms. The highest BCUT2D eigenvalue weighted by atomic mass is 16.7. The van der Waals surface area contributed by atoms with E-state index in [9.17, 15) is 4.79 Å². The molecule has 0 radical (unpaired) electrons. The first-order chi connectivity index (χ1) is 11.4. The summed E-state index contributed by atoms with van der Waals surface area (Å²) in [6.45, 7) is 8.66. The average Bonchev–Trinajstić information content (AvgIpc) is 2.52. The van der Waals surface area contributed by atoms with E-state index in [1.807, 2.05) is 25.1 Å². The number of ether oxygens (including phenoxy) is 4. The van der Waals surface area contributed by atoms with Crippen molar-refractivity contribution < 1.29 is 23.7 Å². The minimum atomic E-state index is -0.282. The van der Waals surface area contributed by atoms with Crippen LogP contribution in [0.1, 0.15) is 38.3 Å². The molecular formula is C19H28O5. The molecule has 4 atom stereocenters. The lowest BCUT2D eigenvalue weighted by Crippen LogP contribution is -2.43. The van der Waals surface area contributed by atoms with Crippen LogP contribution in [0.4, 0.5) is 0 Å². The highest BCUT2D eigenvalue weighted by Gasteiger charge is 2.34. The molecule has 1 fully saturated rings. The van der Waals surface area contributed by atoms with Crippen LogP contribution in [0.2, 0.25) is 0 Å².